The molecule has 0 atom stereocenters. The summed E-state index contributed by atoms with van der Waals surface area (Å²) in [4.78, 5) is 0. The van der Waals surface area contributed by atoms with E-state index in [1.807, 2.05) is 6.92 Å². The Labute approximate surface area is 88.8 Å². The molecular weight excluding hydrogens is 233 g/mol. The summed E-state index contributed by atoms with van der Waals surface area (Å²) in [6.45, 7) is 1.86. The van der Waals surface area contributed by atoms with Gasteiger partial charge in [0.25, 0.3) is 0 Å². The highest BCUT2D eigenvalue weighted by Gasteiger charge is 1.97. The van der Waals surface area contributed by atoms with Crippen molar-refractivity contribution in [2.24, 2.45) is 4.36 Å². The lowest BCUT2D eigenvalue weighted by Gasteiger charge is -1.95. The minimum absolute atomic E-state index is 0. The molecule has 13 heavy (non-hydrogen) atoms. The predicted molar refractivity (Wildman–Crippen MR) is 54.4 cm³/mol. The van der Waals surface area contributed by atoms with Crippen molar-refractivity contribution in [3.05, 3.63) is 28.8 Å². The van der Waals surface area contributed by atoms with Crippen LogP contribution in [0.25, 0.3) is 0 Å². The zero-order chi connectivity index (χ0) is 9.14. The van der Waals surface area contributed by atoms with Crippen LogP contribution >= 0.6 is 24.0 Å². The van der Waals surface area contributed by atoms with E-state index in [-0.39, 0.29) is 18.1 Å². The van der Waals surface area contributed by atoms with Crippen LogP contribution in [-0.2, 0) is 10.5 Å². The Kier molecular flexibility index (Phi) is 4.98. The minimum Gasteiger partial charge on any atom is -0.163 e. The first-order valence-electron chi connectivity index (χ1n) is 3.17. The number of rotatable bonds is 1. The molecule has 1 aromatic carbocycles. The highest BCUT2D eigenvalue weighted by atomic mass is 35.5. The number of aryl methyl sites for hydroxylation is 1. The van der Waals surface area contributed by atoms with Crippen LogP contribution in [-0.4, -0.2) is 8.42 Å². The van der Waals surface area contributed by atoms with Crippen molar-refractivity contribution in [2.75, 3.05) is 0 Å². The van der Waals surface area contributed by atoms with Crippen LogP contribution in [0.3, 0.4) is 0 Å². The normalized spacial score (nSPS) is 8.77. The van der Waals surface area contributed by atoms with Gasteiger partial charge in [0.1, 0.15) is 0 Å². The topological polar surface area (TPSA) is 46.5 Å². The minimum atomic E-state index is -2.44. The molecule has 0 heterocycles. The fraction of sp³-hybridized carbons (Fsp3) is 0.143. The fourth-order valence-electron chi connectivity index (χ4n) is 0.766. The zero-order valence-corrected chi connectivity index (χ0v) is 9.08. The maximum Gasteiger partial charge on any atom is 0.316 e. The maximum absolute atomic E-state index is 10.2. The molecule has 0 N–H and O–H groups in total. The molecule has 0 saturated carbocycles. The fourth-order valence-corrected chi connectivity index (χ4v) is 1.41. The van der Waals surface area contributed by atoms with Crippen LogP contribution in [0.4, 0.5) is 5.69 Å². The van der Waals surface area contributed by atoms with Crippen LogP contribution in [0.1, 0.15) is 5.56 Å². The summed E-state index contributed by atoms with van der Waals surface area (Å²) in [7, 11) is -2.44. The van der Waals surface area contributed by atoms with E-state index in [0.29, 0.717) is 5.02 Å². The van der Waals surface area contributed by atoms with Gasteiger partial charge in [0, 0.05) is 0 Å². The molecular formula is C7H7Cl2NO2S. The van der Waals surface area contributed by atoms with Crippen LogP contribution in [0.2, 0.25) is 5.02 Å². The molecule has 6 heteroatoms. The van der Waals surface area contributed by atoms with Gasteiger partial charge in [-0.15, -0.1) is 16.8 Å². The average molecular weight is 240 g/mol. The first-order valence-corrected chi connectivity index (χ1v) is 4.58. The van der Waals surface area contributed by atoms with Gasteiger partial charge in [-0.05, 0) is 24.6 Å². The van der Waals surface area contributed by atoms with E-state index in [1.165, 1.54) is 0 Å². The predicted octanol–water partition coefficient (Wildman–Crippen LogP) is 2.76. The van der Waals surface area contributed by atoms with Gasteiger partial charge < -0.3 is 0 Å². The summed E-state index contributed by atoms with van der Waals surface area (Å²) < 4.78 is 23.6. The molecule has 0 amide bonds. The second-order valence-electron chi connectivity index (χ2n) is 2.26. The van der Waals surface area contributed by atoms with Gasteiger partial charge in [-0.3, -0.25) is 0 Å². The van der Waals surface area contributed by atoms with Crippen molar-refractivity contribution in [1.29, 1.82) is 0 Å². The Hall–Kier alpha value is -0.580. The molecule has 0 aliphatic rings. The molecule has 0 spiro atoms. The van der Waals surface area contributed by atoms with Crippen LogP contribution < -0.4 is 0 Å². The quantitative estimate of drug-likeness (QED) is 0.757. The molecule has 1 aromatic rings. The van der Waals surface area contributed by atoms with Crippen LogP contribution in [0.5, 0.6) is 0 Å². The molecule has 0 aliphatic heterocycles. The summed E-state index contributed by atoms with van der Waals surface area (Å²) in [5, 5.41) is 0.346. The van der Waals surface area contributed by atoms with Crippen LogP contribution in [0.15, 0.2) is 22.6 Å². The first-order chi connectivity index (χ1) is 5.59. The lowest BCUT2D eigenvalue weighted by molar-refractivity contribution is 0.622. The molecule has 3 nitrogen and oxygen atoms in total. The van der Waals surface area contributed by atoms with E-state index >= 15 is 0 Å². The molecule has 0 radical (unpaired) electrons. The van der Waals surface area contributed by atoms with E-state index in [4.69, 9.17) is 11.6 Å². The van der Waals surface area contributed by atoms with Crippen molar-refractivity contribution < 1.29 is 8.42 Å². The van der Waals surface area contributed by atoms with Gasteiger partial charge in [-0.1, -0.05) is 17.7 Å². The summed E-state index contributed by atoms with van der Waals surface area (Å²) in [5.41, 5.74) is 1.24. The van der Waals surface area contributed by atoms with E-state index in [9.17, 15) is 8.42 Å². The molecule has 1 rings (SSSR count). The molecule has 0 fully saturated rings. The smallest absolute Gasteiger partial charge is 0.163 e. The van der Waals surface area contributed by atoms with Gasteiger partial charge in [-0.25, -0.2) is 0 Å². The largest absolute Gasteiger partial charge is 0.316 e. The molecule has 0 saturated heterocycles. The number of benzene rings is 1. The van der Waals surface area contributed by atoms with Crippen molar-refractivity contribution in [1.82, 2.24) is 0 Å². The van der Waals surface area contributed by atoms with Crippen molar-refractivity contribution >= 4 is 40.2 Å². The summed E-state index contributed by atoms with van der Waals surface area (Å²) in [5.74, 6) is 0. The van der Waals surface area contributed by atoms with Gasteiger partial charge in [0.2, 0.25) is 0 Å². The van der Waals surface area contributed by atoms with E-state index in [1.54, 1.807) is 18.2 Å². The number of hydrogen-bond acceptors (Lipinski definition) is 3. The molecule has 0 unspecified atom stereocenters. The van der Waals surface area contributed by atoms with Gasteiger partial charge in [0.05, 0.1) is 10.7 Å². The maximum atomic E-state index is 10.2. The van der Waals surface area contributed by atoms with Gasteiger partial charge >= 0.3 is 10.5 Å². The second kappa shape index (κ2) is 5.21. The standard InChI is InChI=1S/C7H6ClNO2S.ClH/c1-5-2-3-7(6(8)4-5)9-12(10)11;/h2-4H,1H3;1H. The van der Waals surface area contributed by atoms with E-state index in [0.717, 1.165) is 5.56 Å². The van der Waals surface area contributed by atoms with Gasteiger partial charge in [-0.2, -0.15) is 8.42 Å². The second-order valence-corrected chi connectivity index (χ2v) is 3.29. The summed E-state index contributed by atoms with van der Waals surface area (Å²) in [6.07, 6.45) is 0. The Morgan fingerprint density at radius 1 is 1.38 bits per heavy atom. The molecule has 0 bridgehead atoms. The molecule has 0 aliphatic carbocycles. The first kappa shape index (κ1) is 12.4. The van der Waals surface area contributed by atoms with E-state index in [2.05, 4.69) is 4.36 Å². The molecule has 0 aromatic heterocycles. The Bertz CT molecular complexity index is 420. The van der Waals surface area contributed by atoms with Gasteiger partial charge in [0.15, 0.2) is 0 Å². The zero-order valence-electron chi connectivity index (χ0n) is 6.69. The highest BCUT2D eigenvalue weighted by molar-refractivity contribution is 7.61. The summed E-state index contributed by atoms with van der Waals surface area (Å²) in [6, 6.07) is 4.97. The number of halogens is 2. The Balaban J connectivity index is 0.00000144. The van der Waals surface area contributed by atoms with Crippen molar-refractivity contribution in [2.45, 2.75) is 6.92 Å². The molecule has 72 valence electrons. The Morgan fingerprint density at radius 3 is 2.46 bits per heavy atom. The van der Waals surface area contributed by atoms with E-state index < -0.39 is 10.5 Å². The van der Waals surface area contributed by atoms with Crippen LogP contribution in [0, 0.1) is 6.92 Å². The lowest BCUT2D eigenvalue weighted by Crippen LogP contribution is -1.72. The number of nitrogens with zero attached hydrogens (tertiary/aromatic N) is 1. The number of hydrogen-bond donors (Lipinski definition) is 0. The third kappa shape index (κ3) is 3.76. The monoisotopic (exact) mass is 239 g/mol. The summed E-state index contributed by atoms with van der Waals surface area (Å²) >= 11 is 5.71. The van der Waals surface area contributed by atoms with Crippen molar-refractivity contribution in [3.63, 3.8) is 0 Å². The Morgan fingerprint density at radius 2 is 2.00 bits per heavy atom. The average Bonchev–Trinajstić information content (AvgIpc) is 1.94. The van der Waals surface area contributed by atoms with Crippen molar-refractivity contribution in [3.8, 4) is 0 Å². The lowest BCUT2D eigenvalue weighted by atomic mass is 10.2. The SMILES string of the molecule is Cc1ccc(N=S(=O)=O)c(Cl)c1.Cl. The third-order valence-electron chi connectivity index (χ3n) is 1.28. The highest BCUT2D eigenvalue weighted by Crippen LogP contribution is 2.25. The third-order valence-corrected chi connectivity index (χ3v) is 1.92.